The molecule has 0 saturated carbocycles. The van der Waals surface area contributed by atoms with E-state index < -0.39 is 6.10 Å². The lowest BCUT2D eigenvalue weighted by Crippen LogP contribution is -2.17. The van der Waals surface area contributed by atoms with Gasteiger partial charge in [-0.25, -0.2) is 0 Å². The third-order valence-corrected chi connectivity index (χ3v) is 4.37. The first-order chi connectivity index (χ1) is 10.0. The Bertz CT molecular complexity index is 580. The Hall–Kier alpha value is -1.32. The number of benzene rings is 1. The van der Waals surface area contributed by atoms with E-state index >= 15 is 0 Å². The molecule has 0 amide bonds. The molecule has 2 unspecified atom stereocenters. The summed E-state index contributed by atoms with van der Waals surface area (Å²) in [6, 6.07) is 10.3. The van der Waals surface area contributed by atoms with Crippen LogP contribution in [0.5, 0.6) is 0 Å². The minimum absolute atomic E-state index is 0.319. The van der Waals surface area contributed by atoms with Crippen LogP contribution < -0.4 is 0 Å². The Morgan fingerprint density at radius 3 is 2.57 bits per heavy atom. The largest absolute Gasteiger partial charge is 0.393 e. The van der Waals surface area contributed by atoms with Crippen LogP contribution in [0.2, 0.25) is 5.02 Å². The summed E-state index contributed by atoms with van der Waals surface area (Å²) < 4.78 is 1.88. The summed E-state index contributed by atoms with van der Waals surface area (Å²) in [6.07, 6.45) is 0.845. The van der Waals surface area contributed by atoms with Gasteiger partial charge in [0.1, 0.15) is 0 Å². The molecule has 0 aliphatic carbocycles. The molecule has 0 bridgehead atoms. The van der Waals surface area contributed by atoms with Crippen LogP contribution in [0.15, 0.2) is 30.3 Å². The Labute approximate surface area is 131 Å². The van der Waals surface area contributed by atoms with Crippen LogP contribution in [-0.4, -0.2) is 21.0 Å². The Kier molecular flexibility index (Phi) is 5.43. The van der Waals surface area contributed by atoms with Crippen LogP contribution in [0.3, 0.4) is 0 Å². The summed E-state index contributed by atoms with van der Waals surface area (Å²) in [5.41, 5.74) is 3.02. The molecule has 0 aliphatic heterocycles. The molecular formula is C17H23ClN2O. The van der Waals surface area contributed by atoms with Crippen molar-refractivity contribution in [2.75, 3.05) is 0 Å². The molecule has 2 aromatic rings. The summed E-state index contributed by atoms with van der Waals surface area (Å²) in [6.45, 7) is 6.84. The number of aromatic nitrogens is 2. The van der Waals surface area contributed by atoms with Crippen molar-refractivity contribution in [1.29, 1.82) is 0 Å². The number of rotatable bonds is 6. The molecule has 2 rings (SSSR count). The number of nitrogens with zero attached hydrogens (tertiary/aromatic N) is 2. The average molecular weight is 307 g/mol. The van der Waals surface area contributed by atoms with Gasteiger partial charge in [0.15, 0.2) is 0 Å². The van der Waals surface area contributed by atoms with Gasteiger partial charge in [0.25, 0.3) is 0 Å². The van der Waals surface area contributed by atoms with E-state index in [0.717, 1.165) is 17.9 Å². The van der Waals surface area contributed by atoms with Crippen LogP contribution >= 0.6 is 11.6 Å². The number of hydrogen-bond acceptors (Lipinski definition) is 2. The molecule has 0 radical (unpaired) electrons. The number of aliphatic hydroxyl groups excluding tert-OH is 1. The predicted molar refractivity (Wildman–Crippen MR) is 86.8 cm³/mol. The predicted octanol–water partition coefficient (Wildman–Crippen LogP) is 3.96. The first kappa shape index (κ1) is 16.1. The topological polar surface area (TPSA) is 38.0 Å². The van der Waals surface area contributed by atoms with Crippen LogP contribution in [0.25, 0.3) is 0 Å². The van der Waals surface area contributed by atoms with E-state index in [2.05, 4.69) is 24.2 Å². The van der Waals surface area contributed by atoms with Crippen molar-refractivity contribution in [1.82, 2.24) is 9.78 Å². The number of aryl methyl sites for hydroxylation is 2. The molecule has 2 atom stereocenters. The second-order valence-corrected chi connectivity index (χ2v) is 5.95. The molecule has 1 heterocycles. The maximum absolute atomic E-state index is 10.4. The maximum atomic E-state index is 10.4. The van der Waals surface area contributed by atoms with Crippen molar-refractivity contribution in [2.24, 2.45) is 0 Å². The average Bonchev–Trinajstić information content (AvgIpc) is 2.75. The van der Waals surface area contributed by atoms with Crippen molar-refractivity contribution in [3.8, 4) is 0 Å². The van der Waals surface area contributed by atoms with E-state index in [1.807, 2.05) is 36.7 Å². The fourth-order valence-electron chi connectivity index (χ4n) is 2.70. The van der Waals surface area contributed by atoms with Crippen LogP contribution in [0.1, 0.15) is 43.1 Å². The van der Waals surface area contributed by atoms with E-state index in [0.29, 0.717) is 23.8 Å². The van der Waals surface area contributed by atoms with Crippen LogP contribution in [-0.2, 0) is 13.0 Å². The smallest absolute Gasteiger partial charge is 0.0848 e. The van der Waals surface area contributed by atoms with Crippen molar-refractivity contribution in [3.63, 3.8) is 0 Å². The number of aliphatic hydroxyl groups is 1. The first-order valence-electron chi connectivity index (χ1n) is 7.47. The van der Waals surface area contributed by atoms with E-state index in [1.54, 1.807) is 0 Å². The molecule has 1 aromatic carbocycles. The number of halogens is 1. The van der Waals surface area contributed by atoms with Gasteiger partial charge >= 0.3 is 0 Å². The van der Waals surface area contributed by atoms with Gasteiger partial charge in [-0.15, -0.1) is 0 Å². The summed E-state index contributed by atoms with van der Waals surface area (Å²) in [4.78, 5) is 0. The van der Waals surface area contributed by atoms with Gasteiger partial charge in [-0.2, -0.15) is 5.10 Å². The molecule has 0 fully saturated rings. The zero-order valence-corrected chi connectivity index (χ0v) is 13.6. The standard InChI is InChI=1S/C17H23ClN2O/c1-4-20-16(17(18)13(3)19-20)11-15(21)10-12(2)14-8-6-5-7-9-14/h5-9,12,15,21H,4,10-11H2,1-3H3. The summed E-state index contributed by atoms with van der Waals surface area (Å²) >= 11 is 6.30. The highest BCUT2D eigenvalue weighted by molar-refractivity contribution is 6.31. The molecule has 3 nitrogen and oxygen atoms in total. The molecule has 0 spiro atoms. The molecule has 21 heavy (non-hydrogen) atoms. The van der Waals surface area contributed by atoms with E-state index in [-0.39, 0.29) is 0 Å². The highest BCUT2D eigenvalue weighted by Crippen LogP contribution is 2.25. The molecule has 0 saturated heterocycles. The first-order valence-corrected chi connectivity index (χ1v) is 7.85. The number of hydrogen-bond donors (Lipinski definition) is 1. The van der Waals surface area contributed by atoms with Gasteiger partial charge < -0.3 is 5.11 Å². The van der Waals surface area contributed by atoms with Crippen molar-refractivity contribution in [2.45, 2.75) is 52.2 Å². The molecular weight excluding hydrogens is 284 g/mol. The lowest BCUT2D eigenvalue weighted by molar-refractivity contribution is 0.154. The SMILES string of the molecule is CCn1nc(C)c(Cl)c1CC(O)CC(C)c1ccccc1. The van der Waals surface area contributed by atoms with Gasteiger partial charge in [0.2, 0.25) is 0 Å². The van der Waals surface area contributed by atoms with Crippen molar-refractivity contribution >= 4 is 11.6 Å². The van der Waals surface area contributed by atoms with Gasteiger partial charge in [0, 0.05) is 13.0 Å². The summed E-state index contributed by atoms with van der Waals surface area (Å²) in [5, 5.41) is 15.5. The van der Waals surface area contributed by atoms with Gasteiger partial charge in [-0.05, 0) is 31.7 Å². The van der Waals surface area contributed by atoms with Crippen LogP contribution in [0.4, 0.5) is 0 Å². The Balaban J connectivity index is 2.04. The highest BCUT2D eigenvalue weighted by Gasteiger charge is 2.18. The zero-order valence-electron chi connectivity index (χ0n) is 12.9. The fourth-order valence-corrected chi connectivity index (χ4v) is 2.91. The third-order valence-electron chi connectivity index (χ3n) is 3.88. The Morgan fingerprint density at radius 2 is 1.95 bits per heavy atom. The second kappa shape index (κ2) is 7.10. The van der Waals surface area contributed by atoms with Crippen molar-refractivity contribution in [3.05, 3.63) is 52.3 Å². The van der Waals surface area contributed by atoms with Gasteiger partial charge in [0.05, 0.1) is 22.5 Å². The van der Waals surface area contributed by atoms with Crippen molar-refractivity contribution < 1.29 is 5.11 Å². The fraction of sp³-hybridized carbons (Fsp3) is 0.471. The summed E-state index contributed by atoms with van der Waals surface area (Å²) in [7, 11) is 0. The third kappa shape index (κ3) is 3.86. The zero-order chi connectivity index (χ0) is 15.4. The molecule has 0 aliphatic rings. The normalized spacial score (nSPS) is 14.1. The van der Waals surface area contributed by atoms with Gasteiger partial charge in [-0.1, -0.05) is 48.9 Å². The molecule has 1 aromatic heterocycles. The quantitative estimate of drug-likeness (QED) is 0.877. The monoisotopic (exact) mass is 306 g/mol. The van der Waals surface area contributed by atoms with E-state index in [4.69, 9.17) is 11.6 Å². The Morgan fingerprint density at radius 1 is 1.29 bits per heavy atom. The second-order valence-electron chi connectivity index (χ2n) is 5.57. The van der Waals surface area contributed by atoms with Crippen LogP contribution in [0, 0.1) is 6.92 Å². The lowest BCUT2D eigenvalue weighted by atomic mass is 9.93. The minimum Gasteiger partial charge on any atom is -0.393 e. The maximum Gasteiger partial charge on any atom is 0.0848 e. The molecule has 1 N–H and O–H groups in total. The molecule has 4 heteroatoms. The van der Waals surface area contributed by atoms with Gasteiger partial charge in [-0.3, -0.25) is 4.68 Å². The van der Waals surface area contributed by atoms with E-state index in [1.165, 1.54) is 5.56 Å². The van der Waals surface area contributed by atoms with E-state index in [9.17, 15) is 5.11 Å². The lowest BCUT2D eigenvalue weighted by Gasteiger charge is -2.17. The molecule has 114 valence electrons. The highest BCUT2D eigenvalue weighted by atomic mass is 35.5. The summed E-state index contributed by atoms with van der Waals surface area (Å²) in [5.74, 6) is 0.319. The minimum atomic E-state index is -0.417.